The van der Waals surface area contributed by atoms with Gasteiger partial charge < -0.3 is 9.72 Å². The molecule has 0 unspecified atom stereocenters. The molecule has 22 heavy (non-hydrogen) atoms. The van der Waals surface area contributed by atoms with Crippen LogP contribution in [0.4, 0.5) is 0 Å². The third-order valence-electron chi connectivity index (χ3n) is 4.33. The van der Waals surface area contributed by atoms with Crippen LogP contribution in [-0.2, 0) is 16.0 Å². The molecule has 118 valence electrons. The maximum Gasteiger partial charge on any atom is 0.305 e. The van der Waals surface area contributed by atoms with Crippen molar-refractivity contribution >= 4 is 18.3 Å². The monoisotopic (exact) mass is 301 g/mol. The van der Waals surface area contributed by atoms with Crippen molar-refractivity contribution < 1.29 is 14.5 Å². The molecular weight excluding hydrogens is 276 g/mol. The molecule has 4 heteroatoms. The van der Waals surface area contributed by atoms with Crippen molar-refractivity contribution in [1.82, 2.24) is 4.98 Å². The number of carbonyl (C=O) groups is 1. The summed E-state index contributed by atoms with van der Waals surface area (Å²) < 4.78 is 4.73. The van der Waals surface area contributed by atoms with Crippen molar-refractivity contribution in [1.29, 1.82) is 0 Å². The Hall–Kier alpha value is -2.10. The molecule has 0 spiro atoms. The Morgan fingerprint density at radius 2 is 2.09 bits per heavy atom. The zero-order chi connectivity index (χ0) is 16.3. The van der Waals surface area contributed by atoms with Crippen molar-refractivity contribution in [3.63, 3.8) is 0 Å². The van der Waals surface area contributed by atoms with Crippen molar-refractivity contribution in [2.75, 3.05) is 7.11 Å². The number of nitrogens with one attached hydrogen (secondary N) is 2. The first-order chi connectivity index (χ1) is 10.5. The van der Waals surface area contributed by atoms with Gasteiger partial charge in [0.2, 0.25) is 5.70 Å². The summed E-state index contributed by atoms with van der Waals surface area (Å²) in [7, 11) is 1.43. The molecule has 2 N–H and O–H groups in total. The van der Waals surface area contributed by atoms with E-state index in [4.69, 9.17) is 4.74 Å². The van der Waals surface area contributed by atoms with Crippen LogP contribution in [0.15, 0.2) is 16.8 Å². The second kappa shape index (κ2) is 6.77. The molecule has 1 aliphatic heterocycles. The van der Waals surface area contributed by atoms with Gasteiger partial charge in [-0.05, 0) is 44.7 Å². The fraction of sp³-hybridized carbons (Fsp3) is 0.444. The summed E-state index contributed by atoms with van der Waals surface area (Å²) in [5.41, 5.74) is 8.43. The number of aromatic amines is 1. The molecule has 2 rings (SSSR count). The van der Waals surface area contributed by atoms with Gasteiger partial charge in [-0.1, -0.05) is 6.92 Å². The highest BCUT2D eigenvalue weighted by atomic mass is 16.5. The summed E-state index contributed by atoms with van der Waals surface area (Å²) in [6.45, 7) is 8.45. The Balaban J connectivity index is 2.27. The Bertz CT molecular complexity index is 676. The number of hydrogen-bond donors (Lipinski definition) is 2. The lowest BCUT2D eigenvalue weighted by atomic mass is 10.0. The Morgan fingerprint density at radius 3 is 2.73 bits per heavy atom. The van der Waals surface area contributed by atoms with Gasteiger partial charge in [-0.2, -0.15) is 0 Å². The minimum atomic E-state index is -0.168. The van der Waals surface area contributed by atoms with E-state index < -0.39 is 0 Å². The number of rotatable bonds is 5. The lowest BCUT2D eigenvalue weighted by molar-refractivity contribution is -0.380. The van der Waals surface area contributed by atoms with Gasteiger partial charge in [-0.15, -0.1) is 0 Å². The molecule has 1 aromatic heterocycles. The van der Waals surface area contributed by atoms with Crippen LogP contribution in [0.1, 0.15) is 49.2 Å². The highest BCUT2D eigenvalue weighted by Gasteiger charge is 2.19. The number of allylic oxidation sites excluding steroid dienone is 2. The van der Waals surface area contributed by atoms with Crippen LogP contribution in [0.5, 0.6) is 0 Å². The molecule has 0 bridgehead atoms. The van der Waals surface area contributed by atoms with Crippen molar-refractivity contribution in [3.05, 3.63) is 39.4 Å². The number of esters is 1. The van der Waals surface area contributed by atoms with Gasteiger partial charge in [0.05, 0.1) is 7.11 Å². The molecule has 0 amide bonds. The molecule has 0 saturated carbocycles. The normalized spacial score (nSPS) is 16.0. The molecule has 4 nitrogen and oxygen atoms in total. The van der Waals surface area contributed by atoms with E-state index in [1.54, 1.807) is 0 Å². The van der Waals surface area contributed by atoms with Gasteiger partial charge in [0.1, 0.15) is 0 Å². The molecule has 2 heterocycles. The lowest BCUT2D eigenvalue weighted by Crippen LogP contribution is -2.64. The van der Waals surface area contributed by atoms with Crippen LogP contribution in [0.25, 0.3) is 6.08 Å². The fourth-order valence-electron chi connectivity index (χ4n) is 2.98. The maximum atomic E-state index is 11.3. The average Bonchev–Trinajstić information content (AvgIpc) is 2.98. The van der Waals surface area contributed by atoms with E-state index in [2.05, 4.69) is 43.7 Å². The van der Waals surface area contributed by atoms with Gasteiger partial charge >= 0.3 is 5.97 Å². The summed E-state index contributed by atoms with van der Waals surface area (Å²) in [6, 6.07) is 0. The smallest absolute Gasteiger partial charge is 0.305 e. The minimum Gasteiger partial charge on any atom is -0.469 e. The SMILES string of the molecule is CCC1=C(C)C=[NH+]/C1=C\c1[nH]c(C)c(CCC(=O)OC)c1C. The Kier molecular flexibility index (Phi) is 5.01. The Labute approximate surface area is 132 Å². The quantitative estimate of drug-likeness (QED) is 0.817. The van der Waals surface area contributed by atoms with E-state index in [9.17, 15) is 4.79 Å². The first-order valence-electron chi connectivity index (χ1n) is 7.74. The summed E-state index contributed by atoms with van der Waals surface area (Å²) >= 11 is 0. The summed E-state index contributed by atoms with van der Waals surface area (Å²) in [5, 5.41) is 0. The van der Waals surface area contributed by atoms with E-state index in [1.807, 2.05) is 6.21 Å². The summed E-state index contributed by atoms with van der Waals surface area (Å²) in [5.74, 6) is -0.168. The second-order valence-electron chi connectivity index (χ2n) is 5.71. The third kappa shape index (κ3) is 3.21. The molecule has 1 aromatic rings. The first kappa shape index (κ1) is 16.3. The highest BCUT2D eigenvalue weighted by molar-refractivity contribution is 5.80. The topological polar surface area (TPSA) is 56.1 Å². The molecule has 0 saturated heterocycles. The maximum absolute atomic E-state index is 11.3. The molecular formula is C18H25N2O2+. The van der Waals surface area contributed by atoms with Crippen LogP contribution in [0.2, 0.25) is 0 Å². The number of H-pyrrole nitrogens is 1. The van der Waals surface area contributed by atoms with Crippen molar-refractivity contribution in [3.8, 4) is 0 Å². The van der Waals surface area contributed by atoms with Gasteiger partial charge in [0, 0.05) is 35.0 Å². The van der Waals surface area contributed by atoms with Gasteiger partial charge in [0.15, 0.2) is 6.21 Å². The summed E-state index contributed by atoms with van der Waals surface area (Å²) in [4.78, 5) is 18.1. The predicted molar refractivity (Wildman–Crippen MR) is 88.6 cm³/mol. The zero-order valence-corrected chi connectivity index (χ0v) is 14.1. The van der Waals surface area contributed by atoms with E-state index in [0.29, 0.717) is 12.8 Å². The van der Waals surface area contributed by atoms with E-state index >= 15 is 0 Å². The molecule has 1 aliphatic rings. The van der Waals surface area contributed by atoms with Crippen molar-refractivity contribution in [2.24, 2.45) is 0 Å². The van der Waals surface area contributed by atoms with Crippen LogP contribution < -0.4 is 4.99 Å². The number of hydrogen-bond acceptors (Lipinski definition) is 2. The number of aryl methyl sites for hydroxylation is 1. The number of methoxy groups -OCH3 is 1. The van der Waals surface area contributed by atoms with Crippen molar-refractivity contribution in [2.45, 2.75) is 47.0 Å². The first-order valence-corrected chi connectivity index (χ1v) is 7.74. The minimum absolute atomic E-state index is 0.168. The predicted octanol–water partition coefficient (Wildman–Crippen LogP) is 1.97. The number of ether oxygens (including phenoxy) is 1. The molecule has 0 atom stereocenters. The van der Waals surface area contributed by atoms with Gasteiger partial charge in [-0.25, -0.2) is 4.99 Å². The van der Waals surface area contributed by atoms with Crippen LogP contribution in [-0.4, -0.2) is 24.3 Å². The molecule has 0 aromatic carbocycles. The molecule has 0 fully saturated rings. The largest absolute Gasteiger partial charge is 0.469 e. The van der Waals surface area contributed by atoms with Gasteiger partial charge in [-0.3, -0.25) is 4.79 Å². The van der Waals surface area contributed by atoms with E-state index in [0.717, 1.165) is 23.5 Å². The van der Waals surface area contributed by atoms with Crippen LogP contribution in [0, 0.1) is 13.8 Å². The highest BCUT2D eigenvalue weighted by Crippen LogP contribution is 2.23. The molecule has 0 aliphatic carbocycles. The Morgan fingerprint density at radius 1 is 1.36 bits per heavy atom. The number of aromatic nitrogens is 1. The third-order valence-corrected chi connectivity index (χ3v) is 4.33. The lowest BCUT2D eigenvalue weighted by Gasteiger charge is -2.01. The summed E-state index contributed by atoms with van der Waals surface area (Å²) in [6.07, 6.45) is 6.34. The van der Waals surface area contributed by atoms with E-state index in [1.165, 1.54) is 29.4 Å². The average molecular weight is 301 g/mol. The van der Waals surface area contributed by atoms with Crippen LogP contribution in [0.3, 0.4) is 0 Å². The molecule has 0 radical (unpaired) electrons. The number of carbonyl (C=O) groups excluding carboxylic acids is 1. The van der Waals surface area contributed by atoms with E-state index in [-0.39, 0.29) is 5.97 Å². The standard InChI is InChI=1S/C18H24N2O2/c1-6-14-11(2)10-19-17(14)9-16-12(3)15(13(4)20-16)7-8-18(21)22-5/h9-10,20H,6-8H2,1-5H3/p+1/b17-9-. The van der Waals surface area contributed by atoms with Gasteiger partial charge in [0.25, 0.3) is 0 Å². The van der Waals surface area contributed by atoms with Crippen LogP contribution >= 0.6 is 0 Å². The zero-order valence-electron chi connectivity index (χ0n) is 14.1. The fourth-order valence-corrected chi connectivity index (χ4v) is 2.98. The second-order valence-corrected chi connectivity index (χ2v) is 5.71.